The van der Waals surface area contributed by atoms with Gasteiger partial charge in [0.1, 0.15) is 5.41 Å². The number of nitrogens with zero attached hydrogens (tertiary/aromatic N) is 1. The van der Waals surface area contributed by atoms with Gasteiger partial charge in [0, 0.05) is 11.3 Å². The molecule has 1 N–H and O–H groups in total. The molecule has 0 unspecified atom stereocenters. The van der Waals surface area contributed by atoms with Gasteiger partial charge in [-0.05, 0) is 38.4 Å². The topological polar surface area (TPSA) is 52.9 Å². The predicted octanol–water partition coefficient (Wildman–Crippen LogP) is 1.69. The fourth-order valence-electron chi connectivity index (χ4n) is 1.92. The molecule has 0 aromatic heterocycles. The van der Waals surface area contributed by atoms with Crippen molar-refractivity contribution in [2.75, 3.05) is 12.8 Å². The molecule has 2 fully saturated rings. The van der Waals surface area contributed by atoms with Crippen molar-refractivity contribution in [1.29, 1.82) is 5.26 Å². The van der Waals surface area contributed by atoms with Crippen LogP contribution in [0.1, 0.15) is 32.1 Å². The molecule has 0 aliphatic heterocycles. The summed E-state index contributed by atoms with van der Waals surface area (Å²) in [7, 11) is 0. The zero-order chi connectivity index (χ0) is 10.9. The summed E-state index contributed by atoms with van der Waals surface area (Å²) in [5.74, 6) is -0.0448. The second kappa shape index (κ2) is 3.71. The molecule has 3 nitrogen and oxygen atoms in total. The minimum atomic E-state index is -0.686. The summed E-state index contributed by atoms with van der Waals surface area (Å²) in [6.07, 6.45) is 6.95. The lowest BCUT2D eigenvalue weighted by Gasteiger charge is -2.33. The van der Waals surface area contributed by atoms with Gasteiger partial charge in [-0.2, -0.15) is 17.0 Å². The van der Waals surface area contributed by atoms with Gasteiger partial charge >= 0.3 is 0 Å². The van der Waals surface area contributed by atoms with Crippen LogP contribution in [-0.2, 0) is 4.79 Å². The third kappa shape index (κ3) is 1.85. The molecule has 0 spiro atoms. The Balaban J connectivity index is 1.85. The summed E-state index contributed by atoms with van der Waals surface area (Å²) in [6.45, 7) is 0.733. The normalized spacial score (nSPS) is 24.8. The van der Waals surface area contributed by atoms with Gasteiger partial charge in [0.2, 0.25) is 5.91 Å². The van der Waals surface area contributed by atoms with Crippen LogP contribution < -0.4 is 5.32 Å². The Kier molecular flexibility index (Phi) is 2.68. The Morgan fingerprint density at radius 3 is 2.47 bits per heavy atom. The van der Waals surface area contributed by atoms with Crippen molar-refractivity contribution in [3.63, 3.8) is 0 Å². The summed E-state index contributed by atoms with van der Waals surface area (Å²) in [5, 5.41) is 11.9. The second-order valence-electron chi connectivity index (χ2n) is 4.62. The van der Waals surface area contributed by atoms with Crippen LogP contribution in [0.2, 0.25) is 0 Å². The van der Waals surface area contributed by atoms with E-state index < -0.39 is 5.41 Å². The van der Waals surface area contributed by atoms with Crippen molar-refractivity contribution < 1.29 is 4.79 Å². The van der Waals surface area contributed by atoms with Crippen molar-refractivity contribution in [3.05, 3.63) is 0 Å². The molecular formula is C11H16N2OS. The lowest BCUT2D eigenvalue weighted by molar-refractivity contribution is -0.131. The van der Waals surface area contributed by atoms with E-state index >= 15 is 0 Å². The molecule has 0 radical (unpaired) electrons. The van der Waals surface area contributed by atoms with E-state index in [9.17, 15) is 4.79 Å². The Bertz CT molecular complexity index is 313. The molecule has 2 aliphatic carbocycles. The maximum absolute atomic E-state index is 11.8. The number of amides is 1. The van der Waals surface area contributed by atoms with Gasteiger partial charge in [-0.3, -0.25) is 4.79 Å². The Labute approximate surface area is 94.6 Å². The lowest BCUT2D eigenvalue weighted by Crippen LogP contribution is -2.46. The Morgan fingerprint density at radius 2 is 2.13 bits per heavy atom. The largest absolute Gasteiger partial charge is 0.353 e. The zero-order valence-electron chi connectivity index (χ0n) is 9.01. The highest BCUT2D eigenvalue weighted by Gasteiger charge is 2.47. The minimum absolute atomic E-state index is 0.0448. The summed E-state index contributed by atoms with van der Waals surface area (Å²) < 4.78 is 0.288. The van der Waals surface area contributed by atoms with E-state index in [1.165, 1.54) is 12.8 Å². The number of thioether (sulfide) groups is 1. The average molecular weight is 224 g/mol. The smallest absolute Gasteiger partial charge is 0.240 e. The van der Waals surface area contributed by atoms with Crippen LogP contribution in [0, 0.1) is 16.7 Å². The first-order valence-electron chi connectivity index (χ1n) is 5.41. The standard InChI is InChI=1S/C11H16N2OS/c1-15-11(5-6-11)8-13-9(14)10(7-12)3-2-4-10/h2-6,8H2,1H3,(H,13,14). The van der Waals surface area contributed by atoms with E-state index in [0.717, 1.165) is 25.8 Å². The van der Waals surface area contributed by atoms with Crippen LogP contribution >= 0.6 is 11.8 Å². The number of carbonyl (C=O) groups is 1. The van der Waals surface area contributed by atoms with Crippen LogP contribution in [0.3, 0.4) is 0 Å². The quantitative estimate of drug-likeness (QED) is 0.790. The zero-order valence-corrected chi connectivity index (χ0v) is 9.82. The van der Waals surface area contributed by atoms with Crippen LogP contribution in [0.15, 0.2) is 0 Å². The van der Waals surface area contributed by atoms with Gasteiger partial charge in [0.05, 0.1) is 6.07 Å². The first-order chi connectivity index (χ1) is 7.16. The highest BCUT2D eigenvalue weighted by atomic mass is 32.2. The molecule has 0 aromatic rings. The van der Waals surface area contributed by atoms with Gasteiger partial charge < -0.3 is 5.32 Å². The monoisotopic (exact) mass is 224 g/mol. The molecule has 0 heterocycles. The maximum Gasteiger partial charge on any atom is 0.240 e. The van der Waals surface area contributed by atoms with Gasteiger partial charge in [-0.25, -0.2) is 0 Å². The molecule has 2 rings (SSSR count). The molecular weight excluding hydrogens is 208 g/mol. The van der Waals surface area contributed by atoms with E-state index in [1.54, 1.807) is 0 Å². The maximum atomic E-state index is 11.8. The Morgan fingerprint density at radius 1 is 1.47 bits per heavy atom. The van der Waals surface area contributed by atoms with E-state index in [0.29, 0.717) is 0 Å². The molecule has 0 saturated heterocycles. The first-order valence-corrected chi connectivity index (χ1v) is 6.64. The SMILES string of the molecule is CSC1(CNC(=O)C2(C#N)CCC2)CC1. The average Bonchev–Trinajstić information content (AvgIpc) is 2.95. The highest BCUT2D eigenvalue weighted by molar-refractivity contribution is 8.00. The lowest BCUT2D eigenvalue weighted by atomic mass is 9.69. The van der Waals surface area contributed by atoms with E-state index in [2.05, 4.69) is 17.6 Å². The van der Waals surface area contributed by atoms with Crippen LogP contribution in [-0.4, -0.2) is 23.5 Å². The number of hydrogen-bond donors (Lipinski definition) is 1. The van der Waals surface area contributed by atoms with E-state index in [4.69, 9.17) is 5.26 Å². The van der Waals surface area contributed by atoms with Crippen molar-refractivity contribution in [1.82, 2.24) is 5.32 Å². The van der Waals surface area contributed by atoms with Crippen molar-refractivity contribution in [2.45, 2.75) is 36.9 Å². The summed E-state index contributed by atoms with van der Waals surface area (Å²) in [4.78, 5) is 11.8. The third-order valence-corrected chi connectivity index (χ3v) is 5.09. The predicted molar refractivity (Wildman–Crippen MR) is 60.4 cm³/mol. The van der Waals surface area contributed by atoms with Gasteiger partial charge in [0.25, 0.3) is 0 Å². The molecule has 0 aromatic carbocycles. The van der Waals surface area contributed by atoms with Crippen LogP contribution in [0.4, 0.5) is 0 Å². The molecule has 0 bridgehead atoms. The van der Waals surface area contributed by atoms with Crippen LogP contribution in [0.25, 0.3) is 0 Å². The summed E-state index contributed by atoms with van der Waals surface area (Å²) in [5.41, 5.74) is -0.686. The first kappa shape index (κ1) is 10.8. The number of nitriles is 1. The fraction of sp³-hybridized carbons (Fsp3) is 0.818. The van der Waals surface area contributed by atoms with Gasteiger partial charge in [-0.1, -0.05) is 0 Å². The second-order valence-corrected chi connectivity index (χ2v) is 5.89. The van der Waals surface area contributed by atoms with E-state index in [1.807, 2.05) is 11.8 Å². The highest BCUT2D eigenvalue weighted by Crippen LogP contribution is 2.47. The Hall–Kier alpha value is -0.690. The molecule has 4 heteroatoms. The summed E-state index contributed by atoms with van der Waals surface area (Å²) >= 11 is 1.83. The molecule has 82 valence electrons. The fourth-order valence-corrected chi connectivity index (χ4v) is 2.65. The minimum Gasteiger partial charge on any atom is -0.353 e. The molecule has 1 amide bonds. The number of carbonyl (C=O) groups excluding carboxylic acids is 1. The molecule has 2 saturated carbocycles. The molecule has 15 heavy (non-hydrogen) atoms. The van der Waals surface area contributed by atoms with Crippen molar-refractivity contribution in [3.8, 4) is 6.07 Å². The third-order valence-electron chi connectivity index (χ3n) is 3.67. The number of rotatable bonds is 4. The van der Waals surface area contributed by atoms with Gasteiger partial charge in [-0.15, -0.1) is 0 Å². The summed E-state index contributed by atoms with van der Waals surface area (Å²) in [6, 6.07) is 2.17. The molecule has 2 aliphatic rings. The van der Waals surface area contributed by atoms with Crippen molar-refractivity contribution >= 4 is 17.7 Å². The van der Waals surface area contributed by atoms with Gasteiger partial charge in [0.15, 0.2) is 0 Å². The van der Waals surface area contributed by atoms with Crippen molar-refractivity contribution in [2.24, 2.45) is 5.41 Å². The van der Waals surface area contributed by atoms with E-state index in [-0.39, 0.29) is 10.7 Å². The van der Waals surface area contributed by atoms with Crippen LogP contribution in [0.5, 0.6) is 0 Å². The number of hydrogen-bond acceptors (Lipinski definition) is 3. The molecule has 0 atom stereocenters. The number of nitrogens with one attached hydrogen (secondary N) is 1.